The van der Waals surface area contributed by atoms with Crippen molar-refractivity contribution < 1.29 is 4.74 Å². The number of hydrogen-bond donors (Lipinski definition) is 1. The van der Waals surface area contributed by atoms with Crippen LogP contribution in [0.5, 0.6) is 0 Å². The Bertz CT molecular complexity index is 287. The SMILES string of the molecule is CCCn1nncc1C(N)CCCOCC. The molecule has 0 saturated heterocycles. The minimum atomic E-state index is 0.0157. The Morgan fingerprint density at radius 1 is 1.50 bits per heavy atom. The second-order valence-electron chi connectivity index (χ2n) is 3.83. The second-order valence-corrected chi connectivity index (χ2v) is 3.83. The highest BCUT2D eigenvalue weighted by atomic mass is 16.5. The van der Waals surface area contributed by atoms with E-state index in [1.165, 1.54) is 0 Å². The standard InChI is InChI=1S/C11H22N4O/c1-3-7-15-11(9-13-14-15)10(12)6-5-8-16-4-2/h9-10H,3-8,12H2,1-2H3. The third-order valence-corrected chi connectivity index (χ3v) is 2.47. The minimum absolute atomic E-state index is 0.0157. The van der Waals surface area contributed by atoms with E-state index in [9.17, 15) is 0 Å². The third-order valence-electron chi connectivity index (χ3n) is 2.47. The summed E-state index contributed by atoms with van der Waals surface area (Å²) in [5.41, 5.74) is 7.12. The molecule has 1 unspecified atom stereocenters. The zero-order chi connectivity index (χ0) is 11.8. The van der Waals surface area contributed by atoms with Gasteiger partial charge >= 0.3 is 0 Å². The van der Waals surface area contributed by atoms with Gasteiger partial charge in [0.1, 0.15) is 0 Å². The molecule has 1 aromatic heterocycles. The van der Waals surface area contributed by atoms with E-state index in [0.29, 0.717) is 0 Å². The molecule has 1 heterocycles. The first-order chi connectivity index (χ1) is 7.79. The minimum Gasteiger partial charge on any atom is -0.382 e. The predicted octanol–water partition coefficient (Wildman–Crippen LogP) is 1.50. The van der Waals surface area contributed by atoms with Crippen LogP contribution < -0.4 is 5.73 Å². The lowest BCUT2D eigenvalue weighted by molar-refractivity contribution is 0.141. The quantitative estimate of drug-likeness (QED) is 0.682. The molecule has 1 rings (SSSR count). The molecule has 1 atom stereocenters. The van der Waals surface area contributed by atoms with Crippen LogP contribution in [0.4, 0.5) is 0 Å². The van der Waals surface area contributed by atoms with Gasteiger partial charge in [-0.2, -0.15) is 0 Å². The maximum atomic E-state index is 6.10. The highest BCUT2D eigenvalue weighted by Gasteiger charge is 2.11. The maximum Gasteiger partial charge on any atom is 0.0754 e. The van der Waals surface area contributed by atoms with Gasteiger partial charge in [-0.1, -0.05) is 12.1 Å². The van der Waals surface area contributed by atoms with E-state index in [-0.39, 0.29) is 6.04 Å². The molecule has 0 saturated carbocycles. The topological polar surface area (TPSA) is 66.0 Å². The zero-order valence-electron chi connectivity index (χ0n) is 10.2. The van der Waals surface area contributed by atoms with Crippen molar-refractivity contribution in [3.63, 3.8) is 0 Å². The molecule has 0 amide bonds. The number of hydrogen-bond acceptors (Lipinski definition) is 4. The molecule has 16 heavy (non-hydrogen) atoms. The van der Waals surface area contributed by atoms with Crippen LogP contribution in [0.15, 0.2) is 6.20 Å². The summed E-state index contributed by atoms with van der Waals surface area (Å²) in [6.07, 6.45) is 4.70. The van der Waals surface area contributed by atoms with Crippen molar-refractivity contribution in [2.75, 3.05) is 13.2 Å². The van der Waals surface area contributed by atoms with Crippen LogP contribution in [0.1, 0.15) is 44.8 Å². The van der Waals surface area contributed by atoms with Crippen molar-refractivity contribution in [3.05, 3.63) is 11.9 Å². The maximum absolute atomic E-state index is 6.10. The Hall–Kier alpha value is -0.940. The van der Waals surface area contributed by atoms with E-state index in [1.807, 2.05) is 11.6 Å². The normalized spacial score (nSPS) is 12.9. The molecule has 0 spiro atoms. The first kappa shape index (κ1) is 13.1. The summed E-state index contributed by atoms with van der Waals surface area (Å²) >= 11 is 0. The van der Waals surface area contributed by atoms with Crippen molar-refractivity contribution in [2.45, 2.75) is 45.7 Å². The third kappa shape index (κ3) is 3.90. The summed E-state index contributed by atoms with van der Waals surface area (Å²) in [6, 6.07) is 0.0157. The van der Waals surface area contributed by atoms with Crippen LogP contribution in [-0.4, -0.2) is 28.2 Å². The Morgan fingerprint density at radius 2 is 2.31 bits per heavy atom. The highest BCUT2D eigenvalue weighted by Crippen LogP contribution is 2.14. The van der Waals surface area contributed by atoms with E-state index in [1.54, 1.807) is 6.20 Å². The van der Waals surface area contributed by atoms with Gasteiger partial charge in [-0.05, 0) is 26.2 Å². The molecule has 92 valence electrons. The number of nitrogens with zero attached hydrogens (tertiary/aromatic N) is 3. The summed E-state index contributed by atoms with van der Waals surface area (Å²) in [7, 11) is 0. The highest BCUT2D eigenvalue weighted by molar-refractivity contribution is 5.00. The Balaban J connectivity index is 2.39. The summed E-state index contributed by atoms with van der Waals surface area (Å²) in [5.74, 6) is 0. The van der Waals surface area contributed by atoms with E-state index in [4.69, 9.17) is 10.5 Å². The number of nitrogens with two attached hydrogens (primary N) is 1. The molecule has 0 aromatic carbocycles. The number of aromatic nitrogens is 3. The molecule has 0 aliphatic heterocycles. The van der Waals surface area contributed by atoms with Crippen LogP contribution in [0.3, 0.4) is 0 Å². The second kappa shape index (κ2) is 7.35. The van der Waals surface area contributed by atoms with Crippen molar-refractivity contribution in [2.24, 2.45) is 5.73 Å². The van der Waals surface area contributed by atoms with Crippen LogP contribution in [0, 0.1) is 0 Å². The van der Waals surface area contributed by atoms with Gasteiger partial charge < -0.3 is 10.5 Å². The fourth-order valence-electron chi connectivity index (χ4n) is 1.64. The molecule has 5 heteroatoms. The number of ether oxygens (including phenoxy) is 1. The fourth-order valence-corrected chi connectivity index (χ4v) is 1.64. The van der Waals surface area contributed by atoms with Gasteiger partial charge in [0.25, 0.3) is 0 Å². The van der Waals surface area contributed by atoms with Crippen molar-refractivity contribution in [1.29, 1.82) is 0 Å². The van der Waals surface area contributed by atoms with E-state index < -0.39 is 0 Å². The Morgan fingerprint density at radius 3 is 3.00 bits per heavy atom. The summed E-state index contributed by atoms with van der Waals surface area (Å²) in [4.78, 5) is 0. The first-order valence-corrected chi connectivity index (χ1v) is 6.01. The largest absolute Gasteiger partial charge is 0.382 e. The molecule has 0 aliphatic rings. The van der Waals surface area contributed by atoms with Gasteiger partial charge in [0.05, 0.1) is 11.9 Å². The van der Waals surface area contributed by atoms with Crippen LogP contribution in [0.25, 0.3) is 0 Å². The summed E-state index contributed by atoms with van der Waals surface area (Å²) < 4.78 is 7.18. The van der Waals surface area contributed by atoms with E-state index in [2.05, 4.69) is 17.2 Å². The summed E-state index contributed by atoms with van der Waals surface area (Å²) in [6.45, 7) is 6.55. The zero-order valence-corrected chi connectivity index (χ0v) is 10.2. The molecular weight excluding hydrogens is 204 g/mol. The smallest absolute Gasteiger partial charge is 0.0754 e. The molecule has 0 aliphatic carbocycles. The lowest BCUT2D eigenvalue weighted by Gasteiger charge is -2.12. The molecule has 0 radical (unpaired) electrons. The Kier molecular flexibility index (Phi) is 6.03. The van der Waals surface area contributed by atoms with Crippen LogP contribution in [0.2, 0.25) is 0 Å². The molecule has 0 bridgehead atoms. The monoisotopic (exact) mass is 226 g/mol. The van der Waals surface area contributed by atoms with Gasteiger partial charge in [0, 0.05) is 25.8 Å². The van der Waals surface area contributed by atoms with E-state index >= 15 is 0 Å². The molecule has 0 fully saturated rings. The van der Waals surface area contributed by atoms with Crippen LogP contribution >= 0.6 is 0 Å². The number of aryl methyl sites for hydroxylation is 1. The van der Waals surface area contributed by atoms with Gasteiger partial charge in [0.2, 0.25) is 0 Å². The molecular formula is C11H22N4O. The van der Waals surface area contributed by atoms with Crippen molar-refractivity contribution >= 4 is 0 Å². The number of rotatable bonds is 8. The van der Waals surface area contributed by atoms with Crippen molar-refractivity contribution in [3.8, 4) is 0 Å². The van der Waals surface area contributed by atoms with Gasteiger partial charge in [-0.3, -0.25) is 0 Å². The van der Waals surface area contributed by atoms with Crippen molar-refractivity contribution in [1.82, 2.24) is 15.0 Å². The average Bonchev–Trinajstić information content (AvgIpc) is 2.73. The lowest BCUT2D eigenvalue weighted by atomic mass is 10.1. The lowest BCUT2D eigenvalue weighted by Crippen LogP contribution is -2.17. The first-order valence-electron chi connectivity index (χ1n) is 6.01. The molecule has 1 aromatic rings. The predicted molar refractivity (Wildman–Crippen MR) is 63.0 cm³/mol. The summed E-state index contributed by atoms with van der Waals surface area (Å²) in [5, 5.41) is 7.93. The molecule has 2 N–H and O–H groups in total. The van der Waals surface area contributed by atoms with E-state index in [0.717, 1.165) is 44.7 Å². The van der Waals surface area contributed by atoms with Gasteiger partial charge in [-0.15, -0.1) is 5.10 Å². The van der Waals surface area contributed by atoms with Crippen LogP contribution in [-0.2, 0) is 11.3 Å². The molecule has 5 nitrogen and oxygen atoms in total. The fraction of sp³-hybridized carbons (Fsp3) is 0.818. The average molecular weight is 226 g/mol. The Labute approximate surface area is 97.0 Å². The van der Waals surface area contributed by atoms with Gasteiger partial charge in [-0.25, -0.2) is 4.68 Å². The van der Waals surface area contributed by atoms with Gasteiger partial charge in [0.15, 0.2) is 0 Å².